The van der Waals surface area contributed by atoms with Gasteiger partial charge in [0.2, 0.25) is 0 Å². The van der Waals surface area contributed by atoms with Gasteiger partial charge in [0.15, 0.2) is 5.78 Å². The van der Waals surface area contributed by atoms with Crippen LogP contribution in [0.3, 0.4) is 0 Å². The lowest BCUT2D eigenvalue weighted by molar-refractivity contribution is -0.133. The summed E-state index contributed by atoms with van der Waals surface area (Å²) < 4.78 is 0. The van der Waals surface area contributed by atoms with Crippen molar-refractivity contribution < 1.29 is 9.90 Å². The molecule has 2 aliphatic rings. The second kappa shape index (κ2) is 6.45. The van der Waals surface area contributed by atoms with Crippen LogP contribution in [0, 0.1) is 17.3 Å². The molecule has 0 amide bonds. The number of aliphatic hydroxyl groups excluding tert-OH is 1. The highest BCUT2D eigenvalue weighted by molar-refractivity contribution is 7.98. The number of thioether (sulfide) groups is 1. The monoisotopic (exact) mass is 330 g/mol. The highest BCUT2D eigenvalue weighted by Crippen LogP contribution is 2.53. The van der Waals surface area contributed by atoms with Gasteiger partial charge >= 0.3 is 0 Å². The first kappa shape index (κ1) is 16.8. The third kappa shape index (κ3) is 3.01. The van der Waals surface area contributed by atoms with Crippen LogP contribution < -0.4 is 0 Å². The van der Waals surface area contributed by atoms with Crippen molar-refractivity contribution in [3.05, 3.63) is 35.4 Å². The van der Waals surface area contributed by atoms with Crippen LogP contribution in [0.4, 0.5) is 0 Å². The molecule has 1 aromatic carbocycles. The van der Waals surface area contributed by atoms with E-state index in [1.54, 1.807) is 11.8 Å². The minimum absolute atomic E-state index is 0.0143. The molecule has 0 heterocycles. The zero-order valence-corrected chi connectivity index (χ0v) is 15.0. The van der Waals surface area contributed by atoms with Crippen LogP contribution in [0.25, 0.3) is 6.08 Å². The van der Waals surface area contributed by atoms with Gasteiger partial charge in [-0.25, -0.2) is 0 Å². The second-order valence-corrected chi connectivity index (χ2v) is 8.21. The van der Waals surface area contributed by atoms with E-state index in [0.717, 1.165) is 30.4 Å². The van der Waals surface area contributed by atoms with Gasteiger partial charge in [-0.1, -0.05) is 32.4 Å². The number of carbonyl (C=O) groups is 1. The molecule has 3 rings (SSSR count). The van der Waals surface area contributed by atoms with Crippen molar-refractivity contribution in [1.29, 1.82) is 0 Å². The summed E-state index contributed by atoms with van der Waals surface area (Å²) >= 11 is 1.72. The number of Topliss-reactive ketones (excluding diaryl/α,β-unsaturated/α-hetero) is 1. The highest BCUT2D eigenvalue weighted by Gasteiger charge is 2.51. The van der Waals surface area contributed by atoms with Crippen LogP contribution in [0.2, 0.25) is 0 Å². The fourth-order valence-corrected chi connectivity index (χ4v) is 4.91. The normalized spacial score (nSPS) is 36.1. The van der Waals surface area contributed by atoms with E-state index in [2.05, 4.69) is 37.4 Å². The van der Waals surface area contributed by atoms with E-state index in [4.69, 9.17) is 0 Å². The van der Waals surface area contributed by atoms with Gasteiger partial charge < -0.3 is 5.11 Å². The molecule has 2 fully saturated rings. The molecule has 2 unspecified atom stereocenters. The first-order chi connectivity index (χ1) is 11.0. The lowest BCUT2D eigenvalue weighted by atomic mass is 9.54. The van der Waals surface area contributed by atoms with Crippen molar-refractivity contribution >= 4 is 23.6 Å². The molecule has 2 saturated carbocycles. The van der Waals surface area contributed by atoms with Crippen molar-refractivity contribution in [2.45, 2.75) is 50.5 Å². The second-order valence-electron chi connectivity index (χ2n) is 7.33. The molecule has 1 N–H and O–H groups in total. The summed E-state index contributed by atoms with van der Waals surface area (Å²) in [6.07, 6.45) is 7.47. The molecule has 0 bridgehead atoms. The Bertz CT molecular complexity index is 619. The minimum Gasteiger partial charge on any atom is -0.393 e. The summed E-state index contributed by atoms with van der Waals surface area (Å²) in [5.74, 6) is 0.603. The number of hydrogen-bond acceptors (Lipinski definition) is 3. The summed E-state index contributed by atoms with van der Waals surface area (Å²) in [6, 6.07) is 8.33. The molecule has 124 valence electrons. The van der Waals surface area contributed by atoms with Crippen LogP contribution in [0.15, 0.2) is 34.7 Å². The van der Waals surface area contributed by atoms with E-state index in [-0.39, 0.29) is 23.2 Å². The van der Waals surface area contributed by atoms with E-state index in [0.29, 0.717) is 12.3 Å². The van der Waals surface area contributed by atoms with Gasteiger partial charge in [-0.2, -0.15) is 0 Å². The van der Waals surface area contributed by atoms with Gasteiger partial charge in [-0.3, -0.25) is 4.79 Å². The molecule has 0 radical (unpaired) electrons. The van der Waals surface area contributed by atoms with E-state index < -0.39 is 0 Å². The van der Waals surface area contributed by atoms with Crippen molar-refractivity contribution in [1.82, 2.24) is 0 Å². The number of fused-ring (bicyclic) bond motifs is 1. The van der Waals surface area contributed by atoms with E-state index in [9.17, 15) is 9.90 Å². The Morgan fingerprint density at radius 1 is 1.26 bits per heavy atom. The number of rotatable bonds is 2. The fraction of sp³-hybridized carbons (Fsp3) is 0.550. The van der Waals surface area contributed by atoms with Gasteiger partial charge in [0.05, 0.1) is 6.10 Å². The molecule has 1 aromatic rings. The topological polar surface area (TPSA) is 37.3 Å². The standard InChI is InChI=1S/C20H26O2S/c1-13-17-5-4-6-18(21)20(17,2)12-15(19(13)22)11-14-7-9-16(23-3)10-8-14/h7-11,13,17-18,21H,4-6,12H2,1-3H3/b15-11-/t13?,17?,18-,20-/m0/s1. The van der Waals surface area contributed by atoms with Crippen molar-refractivity contribution in [3.63, 3.8) is 0 Å². The van der Waals surface area contributed by atoms with Crippen LogP contribution in [0.1, 0.15) is 45.1 Å². The largest absolute Gasteiger partial charge is 0.393 e. The lowest BCUT2D eigenvalue weighted by Crippen LogP contribution is -2.51. The summed E-state index contributed by atoms with van der Waals surface area (Å²) in [7, 11) is 0. The van der Waals surface area contributed by atoms with Crippen molar-refractivity contribution in [2.24, 2.45) is 17.3 Å². The first-order valence-corrected chi connectivity index (χ1v) is 9.75. The maximum atomic E-state index is 12.8. The van der Waals surface area contributed by atoms with Crippen LogP contribution in [-0.4, -0.2) is 23.2 Å². The highest BCUT2D eigenvalue weighted by atomic mass is 32.2. The zero-order chi connectivity index (χ0) is 16.6. The number of benzene rings is 1. The Labute approximate surface area is 143 Å². The zero-order valence-electron chi connectivity index (χ0n) is 14.2. The molecule has 0 aliphatic heterocycles. The molecule has 0 aromatic heterocycles. The Morgan fingerprint density at radius 3 is 2.61 bits per heavy atom. The van der Waals surface area contributed by atoms with Gasteiger partial charge in [-0.05, 0) is 60.8 Å². The Morgan fingerprint density at radius 2 is 1.96 bits per heavy atom. The number of allylic oxidation sites excluding steroid dienone is 1. The molecular weight excluding hydrogens is 304 g/mol. The third-order valence-corrected chi connectivity index (χ3v) is 6.71. The summed E-state index contributed by atoms with van der Waals surface area (Å²) in [6.45, 7) is 4.22. The molecule has 3 heteroatoms. The number of aliphatic hydroxyl groups is 1. The minimum atomic E-state index is -0.293. The smallest absolute Gasteiger partial charge is 0.161 e. The van der Waals surface area contributed by atoms with Crippen LogP contribution >= 0.6 is 11.8 Å². The van der Waals surface area contributed by atoms with E-state index in [1.807, 2.05) is 13.0 Å². The van der Waals surface area contributed by atoms with Crippen LogP contribution in [-0.2, 0) is 4.79 Å². The molecular formula is C20H26O2S. The Kier molecular flexibility index (Phi) is 4.70. The van der Waals surface area contributed by atoms with Crippen LogP contribution in [0.5, 0.6) is 0 Å². The quantitative estimate of drug-likeness (QED) is 0.637. The average Bonchev–Trinajstić information content (AvgIpc) is 2.55. The van der Waals surface area contributed by atoms with E-state index >= 15 is 0 Å². The summed E-state index contributed by atoms with van der Waals surface area (Å²) in [5.41, 5.74) is 1.80. The molecule has 23 heavy (non-hydrogen) atoms. The Hall–Kier alpha value is -1.06. The van der Waals surface area contributed by atoms with Crippen molar-refractivity contribution in [2.75, 3.05) is 6.26 Å². The maximum absolute atomic E-state index is 12.8. The van der Waals surface area contributed by atoms with E-state index in [1.165, 1.54) is 4.90 Å². The van der Waals surface area contributed by atoms with Gasteiger partial charge in [0.25, 0.3) is 0 Å². The number of hydrogen-bond donors (Lipinski definition) is 1. The summed E-state index contributed by atoms with van der Waals surface area (Å²) in [5, 5.41) is 10.6. The van der Waals surface area contributed by atoms with Gasteiger partial charge in [-0.15, -0.1) is 11.8 Å². The Balaban J connectivity index is 1.92. The van der Waals surface area contributed by atoms with Crippen molar-refractivity contribution in [3.8, 4) is 0 Å². The van der Waals surface area contributed by atoms with Gasteiger partial charge in [0, 0.05) is 16.2 Å². The molecule has 0 saturated heterocycles. The number of ketones is 1. The molecule has 2 nitrogen and oxygen atoms in total. The predicted molar refractivity (Wildman–Crippen MR) is 96.4 cm³/mol. The third-order valence-electron chi connectivity index (χ3n) is 5.96. The average molecular weight is 330 g/mol. The number of carbonyl (C=O) groups excluding carboxylic acids is 1. The predicted octanol–water partition coefficient (Wildman–Crippen LogP) is 4.57. The summed E-state index contributed by atoms with van der Waals surface area (Å²) in [4.78, 5) is 14.0. The molecule has 4 atom stereocenters. The maximum Gasteiger partial charge on any atom is 0.161 e. The lowest BCUT2D eigenvalue weighted by Gasteiger charge is -2.51. The molecule has 2 aliphatic carbocycles. The fourth-order valence-electron chi connectivity index (χ4n) is 4.50. The molecule has 0 spiro atoms. The first-order valence-electron chi connectivity index (χ1n) is 8.52. The SMILES string of the molecule is CSc1ccc(/C=C2/C[C@@]3(C)C(CCC[C@@H]3O)C(C)C2=O)cc1. The van der Waals surface area contributed by atoms with Gasteiger partial charge in [0.1, 0.15) is 0 Å².